The quantitative estimate of drug-likeness (QED) is 0.775. The SMILES string of the molecule is CC(CC(C1CCOCC1)N(C)C)C(=O)O. The highest BCUT2D eigenvalue weighted by Gasteiger charge is 2.28. The van der Waals surface area contributed by atoms with E-state index in [1.54, 1.807) is 6.92 Å². The number of hydrogen-bond acceptors (Lipinski definition) is 3. The van der Waals surface area contributed by atoms with E-state index in [1.807, 2.05) is 14.1 Å². The maximum atomic E-state index is 10.9. The Hall–Kier alpha value is -0.610. The Labute approximate surface area is 97.6 Å². The van der Waals surface area contributed by atoms with Crippen LogP contribution in [-0.2, 0) is 9.53 Å². The van der Waals surface area contributed by atoms with Crippen LogP contribution in [0.2, 0.25) is 0 Å². The van der Waals surface area contributed by atoms with Crippen LogP contribution >= 0.6 is 0 Å². The van der Waals surface area contributed by atoms with Crippen molar-refractivity contribution in [2.75, 3.05) is 27.3 Å². The smallest absolute Gasteiger partial charge is 0.306 e. The Balaban J connectivity index is 2.55. The molecule has 2 atom stereocenters. The maximum Gasteiger partial charge on any atom is 0.306 e. The average Bonchev–Trinajstić information content (AvgIpc) is 2.26. The van der Waals surface area contributed by atoms with E-state index in [1.165, 1.54) is 0 Å². The summed E-state index contributed by atoms with van der Waals surface area (Å²) in [6.45, 7) is 3.42. The molecular weight excluding hydrogens is 206 g/mol. The third kappa shape index (κ3) is 3.76. The van der Waals surface area contributed by atoms with Crippen molar-refractivity contribution in [3.8, 4) is 0 Å². The maximum absolute atomic E-state index is 10.9. The molecule has 1 aliphatic rings. The van der Waals surface area contributed by atoms with Crippen molar-refractivity contribution in [1.82, 2.24) is 4.90 Å². The number of ether oxygens (including phenoxy) is 1. The first-order chi connectivity index (χ1) is 7.52. The second-order valence-electron chi connectivity index (χ2n) is 4.96. The summed E-state index contributed by atoms with van der Waals surface area (Å²) in [4.78, 5) is 13.1. The van der Waals surface area contributed by atoms with Gasteiger partial charge in [-0.1, -0.05) is 6.92 Å². The average molecular weight is 229 g/mol. The van der Waals surface area contributed by atoms with Crippen LogP contribution in [0.5, 0.6) is 0 Å². The second-order valence-corrected chi connectivity index (χ2v) is 4.96. The normalized spacial score (nSPS) is 22.0. The van der Waals surface area contributed by atoms with E-state index in [0.29, 0.717) is 12.0 Å². The van der Waals surface area contributed by atoms with Gasteiger partial charge in [0.05, 0.1) is 5.92 Å². The first kappa shape index (κ1) is 13.5. The lowest BCUT2D eigenvalue weighted by atomic mass is 9.85. The Bertz CT molecular complexity index is 224. The molecule has 0 bridgehead atoms. The third-order valence-electron chi connectivity index (χ3n) is 3.49. The van der Waals surface area contributed by atoms with Gasteiger partial charge in [0.2, 0.25) is 0 Å². The molecule has 1 saturated heterocycles. The predicted molar refractivity (Wildman–Crippen MR) is 62.4 cm³/mol. The van der Waals surface area contributed by atoms with Crippen LogP contribution in [-0.4, -0.2) is 49.3 Å². The van der Waals surface area contributed by atoms with Gasteiger partial charge in [0.25, 0.3) is 0 Å². The molecule has 0 aromatic heterocycles. The Morgan fingerprint density at radius 2 is 2.00 bits per heavy atom. The van der Waals surface area contributed by atoms with Gasteiger partial charge in [0.15, 0.2) is 0 Å². The van der Waals surface area contributed by atoms with E-state index < -0.39 is 5.97 Å². The molecule has 1 heterocycles. The Kier molecular flexibility index (Phi) is 5.22. The monoisotopic (exact) mass is 229 g/mol. The van der Waals surface area contributed by atoms with E-state index >= 15 is 0 Å². The minimum Gasteiger partial charge on any atom is -0.481 e. The number of carboxylic acids is 1. The van der Waals surface area contributed by atoms with Gasteiger partial charge >= 0.3 is 5.97 Å². The predicted octanol–water partition coefficient (Wildman–Crippen LogP) is 1.45. The molecule has 1 fully saturated rings. The molecule has 1 aliphatic heterocycles. The van der Waals surface area contributed by atoms with E-state index in [9.17, 15) is 4.79 Å². The number of carbonyl (C=O) groups is 1. The molecule has 4 nitrogen and oxygen atoms in total. The van der Waals surface area contributed by atoms with Crippen LogP contribution in [0.15, 0.2) is 0 Å². The van der Waals surface area contributed by atoms with Gasteiger partial charge < -0.3 is 14.7 Å². The highest BCUT2D eigenvalue weighted by Crippen LogP contribution is 2.26. The number of aliphatic carboxylic acids is 1. The molecule has 0 saturated carbocycles. The lowest BCUT2D eigenvalue weighted by molar-refractivity contribution is -0.142. The highest BCUT2D eigenvalue weighted by molar-refractivity contribution is 5.69. The van der Waals surface area contributed by atoms with Crippen LogP contribution in [0.1, 0.15) is 26.2 Å². The molecular formula is C12H23NO3. The lowest BCUT2D eigenvalue weighted by Gasteiger charge is -2.35. The molecule has 0 aromatic rings. The summed E-state index contributed by atoms with van der Waals surface area (Å²) in [5, 5.41) is 8.97. The fourth-order valence-corrected chi connectivity index (χ4v) is 2.39. The zero-order valence-corrected chi connectivity index (χ0v) is 10.5. The summed E-state index contributed by atoms with van der Waals surface area (Å²) in [6, 6.07) is 0.356. The topological polar surface area (TPSA) is 49.8 Å². The van der Waals surface area contributed by atoms with Crippen molar-refractivity contribution < 1.29 is 14.6 Å². The molecule has 0 spiro atoms. The van der Waals surface area contributed by atoms with Gasteiger partial charge in [-0.15, -0.1) is 0 Å². The van der Waals surface area contributed by atoms with Crippen molar-refractivity contribution in [1.29, 1.82) is 0 Å². The summed E-state index contributed by atoms with van der Waals surface area (Å²) in [6.07, 6.45) is 2.83. The van der Waals surface area contributed by atoms with Gasteiger partial charge in [-0.05, 0) is 39.3 Å². The van der Waals surface area contributed by atoms with Crippen LogP contribution in [0.3, 0.4) is 0 Å². The summed E-state index contributed by atoms with van der Waals surface area (Å²) in [5.74, 6) is -0.389. The fourth-order valence-electron chi connectivity index (χ4n) is 2.39. The fraction of sp³-hybridized carbons (Fsp3) is 0.917. The minimum absolute atomic E-state index is 0.268. The Morgan fingerprint density at radius 3 is 2.44 bits per heavy atom. The van der Waals surface area contributed by atoms with Gasteiger partial charge in [-0.3, -0.25) is 4.79 Å². The second kappa shape index (κ2) is 6.21. The number of nitrogens with zero attached hydrogens (tertiary/aromatic N) is 1. The van der Waals surface area contributed by atoms with Gasteiger partial charge in [-0.2, -0.15) is 0 Å². The van der Waals surface area contributed by atoms with E-state index in [0.717, 1.165) is 32.5 Å². The minimum atomic E-state index is -0.695. The molecule has 94 valence electrons. The van der Waals surface area contributed by atoms with E-state index in [4.69, 9.17) is 9.84 Å². The van der Waals surface area contributed by atoms with Crippen molar-refractivity contribution in [2.45, 2.75) is 32.2 Å². The van der Waals surface area contributed by atoms with Gasteiger partial charge in [0, 0.05) is 19.3 Å². The van der Waals surface area contributed by atoms with Gasteiger partial charge in [-0.25, -0.2) is 0 Å². The standard InChI is InChI=1S/C12H23NO3/c1-9(12(14)15)8-11(13(2)3)10-4-6-16-7-5-10/h9-11H,4-8H2,1-3H3,(H,14,15). The number of hydrogen-bond donors (Lipinski definition) is 1. The molecule has 1 rings (SSSR count). The first-order valence-corrected chi connectivity index (χ1v) is 5.99. The first-order valence-electron chi connectivity index (χ1n) is 5.99. The Morgan fingerprint density at radius 1 is 1.44 bits per heavy atom. The number of rotatable bonds is 5. The highest BCUT2D eigenvalue weighted by atomic mass is 16.5. The molecule has 0 amide bonds. The summed E-state index contributed by atoms with van der Waals surface area (Å²) >= 11 is 0. The van der Waals surface area contributed by atoms with Crippen LogP contribution in [0.4, 0.5) is 0 Å². The van der Waals surface area contributed by atoms with E-state index in [-0.39, 0.29) is 5.92 Å². The van der Waals surface area contributed by atoms with Crippen molar-refractivity contribution in [3.63, 3.8) is 0 Å². The zero-order valence-electron chi connectivity index (χ0n) is 10.5. The van der Waals surface area contributed by atoms with Crippen LogP contribution in [0, 0.1) is 11.8 Å². The summed E-state index contributed by atoms with van der Waals surface area (Å²) < 4.78 is 5.35. The summed E-state index contributed by atoms with van der Waals surface area (Å²) in [7, 11) is 4.07. The van der Waals surface area contributed by atoms with Gasteiger partial charge in [0.1, 0.15) is 0 Å². The molecule has 1 N–H and O–H groups in total. The van der Waals surface area contributed by atoms with Crippen molar-refractivity contribution in [3.05, 3.63) is 0 Å². The third-order valence-corrected chi connectivity index (χ3v) is 3.49. The largest absolute Gasteiger partial charge is 0.481 e. The van der Waals surface area contributed by atoms with E-state index in [2.05, 4.69) is 4.90 Å². The molecule has 16 heavy (non-hydrogen) atoms. The van der Waals surface area contributed by atoms with Crippen LogP contribution < -0.4 is 0 Å². The lowest BCUT2D eigenvalue weighted by Crippen LogP contribution is -2.40. The molecule has 0 radical (unpaired) electrons. The molecule has 0 aliphatic carbocycles. The zero-order chi connectivity index (χ0) is 12.1. The molecule has 0 aromatic carbocycles. The van der Waals surface area contributed by atoms with Crippen molar-refractivity contribution >= 4 is 5.97 Å². The summed E-state index contributed by atoms with van der Waals surface area (Å²) in [5.41, 5.74) is 0. The van der Waals surface area contributed by atoms with Crippen molar-refractivity contribution in [2.24, 2.45) is 11.8 Å². The molecule has 4 heteroatoms. The van der Waals surface area contributed by atoms with Crippen LogP contribution in [0.25, 0.3) is 0 Å². The molecule has 2 unspecified atom stereocenters. The number of carboxylic acid groups (broad SMARTS) is 1.